The molecule has 2 N–H and O–H groups in total. The monoisotopic (exact) mass is 266 g/mol. The molecular formula is C13H18N2O4. The zero-order valence-electron chi connectivity index (χ0n) is 10.8. The fourth-order valence-corrected chi connectivity index (χ4v) is 2.09. The van der Waals surface area contributed by atoms with Crippen molar-refractivity contribution in [2.75, 3.05) is 13.7 Å². The summed E-state index contributed by atoms with van der Waals surface area (Å²) in [4.78, 5) is 14.8. The SMILES string of the molecule is COc1cc(CNCC2CCC(C(=O)O)O2)ccn1. The molecule has 2 heterocycles. The molecule has 1 fully saturated rings. The van der Waals surface area contributed by atoms with Crippen LogP contribution in [0.3, 0.4) is 0 Å². The molecule has 1 saturated heterocycles. The Balaban J connectivity index is 1.73. The maximum Gasteiger partial charge on any atom is 0.332 e. The Kier molecular flexibility index (Phi) is 4.70. The molecule has 0 bridgehead atoms. The van der Waals surface area contributed by atoms with Crippen molar-refractivity contribution in [2.24, 2.45) is 0 Å². The number of methoxy groups -OCH3 is 1. The number of rotatable bonds is 6. The first-order valence-corrected chi connectivity index (χ1v) is 6.27. The van der Waals surface area contributed by atoms with Crippen LogP contribution in [0.2, 0.25) is 0 Å². The molecule has 0 saturated carbocycles. The largest absolute Gasteiger partial charge is 0.481 e. The third-order valence-electron chi connectivity index (χ3n) is 3.09. The number of aromatic nitrogens is 1. The summed E-state index contributed by atoms with van der Waals surface area (Å²) in [5.74, 6) is -0.288. The van der Waals surface area contributed by atoms with E-state index in [1.165, 1.54) is 0 Å². The molecule has 1 aromatic rings. The van der Waals surface area contributed by atoms with E-state index in [-0.39, 0.29) is 6.10 Å². The molecule has 6 nitrogen and oxygen atoms in total. The Morgan fingerprint density at radius 2 is 2.47 bits per heavy atom. The maximum absolute atomic E-state index is 10.7. The molecule has 19 heavy (non-hydrogen) atoms. The molecule has 0 aliphatic carbocycles. The van der Waals surface area contributed by atoms with Crippen LogP contribution < -0.4 is 10.1 Å². The van der Waals surface area contributed by atoms with Gasteiger partial charge < -0.3 is 19.9 Å². The summed E-state index contributed by atoms with van der Waals surface area (Å²) >= 11 is 0. The minimum atomic E-state index is -0.874. The van der Waals surface area contributed by atoms with Crippen molar-refractivity contribution in [1.82, 2.24) is 10.3 Å². The van der Waals surface area contributed by atoms with Gasteiger partial charge in [0.05, 0.1) is 13.2 Å². The van der Waals surface area contributed by atoms with Crippen LogP contribution in [0.15, 0.2) is 18.3 Å². The van der Waals surface area contributed by atoms with E-state index in [2.05, 4.69) is 10.3 Å². The minimum absolute atomic E-state index is 0.0233. The molecule has 6 heteroatoms. The second kappa shape index (κ2) is 6.49. The predicted octanol–water partition coefficient (Wildman–Crippen LogP) is 0.812. The van der Waals surface area contributed by atoms with Crippen LogP contribution in [-0.2, 0) is 16.1 Å². The molecule has 0 amide bonds. The number of carboxylic acid groups (broad SMARTS) is 1. The minimum Gasteiger partial charge on any atom is -0.481 e. The van der Waals surface area contributed by atoms with E-state index in [0.29, 0.717) is 25.4 Å². The van der Waals surface area contributed by atoms with Crippen LogP contribution in [0.5, 0.6) is 5.88 Å². The number of hydrogen-bond acceptors (Lipinski definition) is 5. The topological polar surface area (TPSA) is 80.7 Å². The highest BCUT2D eigenvalue weighted by molar-refractivity contribution is 5.72. The van der Waals surface area contributed by atoms with E-state index in [9.17, 15) is 4.79 Å². The Labute approximate surface area is 111 Å². The van der Waals surface area contributed by atoms with Gasteiger partial charge in [-0.2, -0.15) is 0 Å². The van der Waals surface area contributed by atoms with Gasteiger partial charge in [0.2, 0.25) is 5.88 Å². The van der Waals surface area contributed by atoms with E-state index in [0.717, 1.165) is 12.0 Å². The van der Waals surface area contributed by atoms with Gasteiger partial charge in [0.1, 0.15) is 0 Å². The average Bonchev–Trinajstić information content (AvgIpc) is 2.88. The summed E-state index contributed by atoms with van der Waals surface area (Å²) in [6.07, 6.45) is 2.40. The molecule has 1 aliphatic heterocycles. The normalized spacial score (nSPS) is 22.4. The number of nitrogens with zero attached hydrogens (tertiary/aromatic N) is 1. The molecule has 1 aliphatic rings. The summed E-state index contributed by atoms with van der Waals surface area (Å²) in [6.45, 7) is 1.32. The third-order valence-corrected chi connectivity index (χ3v) is 3.09. The Morgan fingerprint density at radius 1 is 1.63 bits per heavy atom. The summed E-state index contributed by atoms with van der Waals surface area (Å²) in [6, 6.07) is 3.77. The molecular weight excluding hydrogens is 248 g/mol. The summed E-state index contributed by atoms with van der Waals surface area (Å²) in [5.41, 5.74) is 1.07. The van der Waals surface area contributed by atoms with Crippen molar-refractivity contribution >= 4 is 5.97 Å². The van der Waals surface area contributed by atoms with E-state index < -0.39 is 12.1 Å². The number of nitrogens with one attached hydrogen (secondary N) is 1. The van der Waals surface area contributed by atoms with Gasteiger partial charge in [-0.15, -0.1) is 0 Å². The summed E-state index contributed by atoms with van der Waals surface area (Å²) in [7, 11) is 1.58. The lowest BCUT2D eigenvalue weighted by Crippen LogP contribution is -2.28. The van der Waals surface area contributed by atoms with Crippen LogP contribution in [0.1, 0.15) is 18.4 Å². The van der Waals surface area contributed by atoms with Gasteiger partial charge in [-0.05, 0) is 24.5 Å². The average molecular weight is 266 g/mol. The summed E-state index contributed by atoms with van der Waals surface area (Å²) < 4.78 is 10.5. The van der Waals surface area contributed by atoms with Crippen LogP contribution in [0.4, 0.5) is 0 Å². The third kappa shape index (κ3) is 3.90. The second-order valence-electron chi connectivity index (χ2n) is 4.50. The van der Waals surface area contributed by atoms with Gasteiger partial charge in [-0.3, -0.25) is 0 Å². The number of aliphatic carboxylic acids is 1. The van der Waals surface area contributed by atoms with Crippen molar-refractivity contribution in [3.63, 3.8) is 0 Å². The highest BCUT2D eigenvalue weighted by Gasteiger charge is 2.29. The van der Waals surface area contributed by atoms with Crippen molar-refractivity contribution in [1.29, 1.82) is 0 Å². The lowest BCUT2D eigenvalue weighted by molar-refractivity contribution is -0.149. The van der Waals surface area contributed by atoms with Gasteiger partial charge in [0.15, 0.2) is 6.10 Å². The molecule has 0 radical (unpaired) electrons. The first-order chi connectivity index (χ1) is 9.19. The zero-order chi connectivity index (χ0) is 13.7. The molecule has 1 aromatic heterocycles. The molecule has 2 atom stereocenters. The molecule has 104 valence electrons. The quantitative estimate of drug-likeness (QED) is 0.793. The Hall–Kier alpha value is -1.66. The molecule has 0 aromatic carbocycles. The van der Waals surface area contributed by atoms with Crippen molar-refractivity contribution in [3.05, 3.63) is 23.9 Å². The Morgan fingerprint density at radius 3 is 3.16 bits per heavy atom. The number of pyridine rings is 1. The van der Waals surface area contributed by atoms with Crippen LogP contribution in [-0.4, -0.2) is 41.9 Å². The highest BCUT2D eigenvalue weighted by Crippen LogP contribution is 2.19. The molecule has 2 unspecified atom stereocenters. The first kappa shape index (κ1) is 13.8. The lowest BCUT2D eigenvalue weighted by atomic mass is 10.2. The summed E-state index contributed by atoms with van der Waals surface area (Å²) in [5, 5.41) is 12.1. The second-order valence-corrected chi connectivity index (χ2v) is 4.50. The fraction of sp³-hybridized carbons (Fsp3) is 0.538. The zero-order valence-corrected chi connectivity index (χ0v) is 10.8. The number of carboxylic acids is 1. The van der Waals surface area contributed by atoms with E-state index >= 15 is 0 Å². The smallest absolute Gasteiger partial charge is 0.332 e. The van der Waals surface area contributed by atoms with Gasteiger partial charge >= 0.3 is 5.97 Å². The Bertz CT molecular complexity index is 438. The predicted molar refractivity (Wildman–Crippen MR) is 68.0 cm³/mol. The molecule has 2 rings (SSSR count). The lowest BCUT2D eigenvalue weighted by Gasteiger charge is -2.12. The van der Waals surface area contributed by atoms with E-state index in [1.54, 1.807) is 13.3 Å². The van der Waals surface area contributed by atoms with Gasteiger partial charge in [-0.25, -0.2) is 9.78 Å². The van der Waals surface area contributed by atoms with Crippen molar-refractivity contribution < 1.29 is 19.4 Å². The van der Waals surface area contributed by atoms with Crippen LogP contribution >= 0.6 is 0 Å². The van der Waals surface area contributed by atoms with Crippen LogP contribution in [0.25, 0.3) is 0 Å². The highest BCUT2D eigenvalue weighted by atomic mass is 16.5. The number of hydrogen-bond donors (Lipinski definition) is 2. The standard InChI is InChI=1S/C13H18N2O4/c1-18-12-6-9(4-5-15-12)7-14-8-10-2-3-11(19-10)13(16)17/h4-6,10-11,14H,2-3,7-8H2,1H3,(H,16,17). The fourth-order valence-electron chi connectivity index (χ4n) is 2.09. The van der Waals surface area contributed by atoms with E-state index in [4.69, 9.17) is 14.6 Å². The number of carbonyl (C=O) groups is 1. The van der Waals surface area contributed by atoms with Crippen molar-refractivity contribution in [2.45, 2.75) is 31.6 Å². The van der Waals surface area contributed by atoms with Crippen molar-refractivity contribution in [3.8, 4) is 5.88 Å². The van der Waals surface area contributed by atoms with Crippen LogP contribution in [0, 0.1) is 0 Å². The van der Waals surface area contributed by atoms with Gasteiger partial charge in [-0.1, -0.05) is 0 Å². The maximum atomic E-state index is 10.7. The molecule has 0 spiro atoms. The number of ether oxygens (including phenoxy) is 2. The van der Waals surface area contributed by atoms with Gasteiger partial charge in [0.25, 0.3) is 0 Å². The van der Waals surface area contributed by atoms with Gasteiger partial charge in [0, 0.05) is 25.4 Å². The first-order valence-electron chi connectivity index (χ1n) is 6.27. The van der Waals surface area contributed by atoms with E-state index in [1.807, 2.05) is 12.1 Å².